The van der Waals surface area contributed by atoms with Crippen molar-refractivity contribution in [1.29, 1.82) is 5.26 Å². The lowest BCUT2D eigenvalue weighted by atomic mass is 10.1. The largest absolute Gasteiger partial charge is 0.496 e. The third-order valence-corrected chi connectivity index (χ3v) is 3.03. The van der Waals surface area contributed by atoms with Crippen LogP contribution in [0.5, 0.6) is 5.75 Å². The zero-order valence-corrected chi connectivity index (χ0v) is 11.5. The Bertz CT molecular complexity index is 605. The van der Waals surface area contributed by atoms with Crippen LogP contribution in [0.4, 0.5) is 0 Å². The molecule has 0 atom stereocenters. The van der Waals surface area contributed by atoms with E-state index in [9.17, 15) is 0 Å². The minimum Gasteiger partial charge on any atom is -0.496 e. The SMILES string of the molecule is COc1ccccc1CCNCc1ccnc(C#N)c1. The third-order valence-electron chi connectivity index (χ3n) is 3.03. The van der Waals surface area contributed by atoms with E-state index in [1.54, 1.807) is 19.4 Å². The summed E-state index contributed by atoms with van der Waals surface area (Å²) in [6, 6.07) is 13.8. The molecule has 0 bridgehead atoms. The molecule has 0 radical (unpaired) electrons. The summed E-state index contributed by atoms with van der Waals surface area (Å²) < 4.78 is 5.32. The Morgan fingerprint density at radius 1 is 1.30 bits per heavy atom. The van der Waals surface area contributed by atoms with E-state index in [1.807, 2.05) is 30.3 Å². The molecule has 0 saturated heterocycles. The first-order chi connectivity index (χ1) is 9.83. The van der Waals surface area contributed by atoms with Gasteiger partial charge < -0.3 is 10.1 Å². The van der Waals surface area contributed by atoms with Crippen LogP contribution in [0.1, 0.15) is 16.8 Å². The molecule has 0 unspecified atom stereocenters. The molecule has 2 aromatic rings. The molecule has 4 nitrogen and oxygen atoms in total. The van der Waals surface area contributed by atoms with Gasteiger partial charge in [-0.15, -0.1) is 0 Å². The van der Waals surface area contributed by atoms with Gasteiger partial charge in [-0.05, 0) is 42.3 Å². The Morgan fingerprint density at radius 2 is 2.15 bits per heavy atom. The smallest absolute Gasteiger partial charge is 0.140 e. The van der Waals surface area contributed by atoms with Crippen LogP contribution in [0, 0.1) is 11.3 Å². The number of ether oxygens (including phenoxy) is 1. The summed E-state index contributed by atoms with van der Waals surface area (Å²) in [6.45, 7) is 1.58. The average Bonchev–Trinajstić information content (AvgIpc) is 2.52. The molecule has 4 heteroatoms. The first-order valence-corrected chi connectivity index (χ1v) is 6.51. The van der Waals surface area contributed by atoms with E-state index < -0.39 is 0 Å². The van der Waals surface area contributed by atoms with Gasteiger partial charge in [0.2, 0.25) is 0 Å². The van der Waals surface area contributed by atoms with Crippen LogP contribution in [-0.4, -0.2) is 18.6 Å². The summed E-state index contributed by atoms with van der Waals surface area (Å²) in [5, 5.41) is 12.2. The second kappa shape index (κ2) is 7.27. The van der Waals surface area contributed by atoms with Crippen molar-refractivity contribution < 1.29 is 4.74 Å². The van der Waals surface area contributed by atoms with Crippen molar-refractivity contribution in [3.63, 3.8) is 0 Å². The van der Waals surface area contributed by atoms with Crippen LogP contribution < -0.4 is 10.1 Å². The molecule has 0 fully saturated rings. The molecule has 0 spiro atoms. The highest BCUT2D eigenvalue weighted by Crippen LogP contribution is 2.17. The lowest BCUT2D eigenvalue weighted by Gasteiger charge is -2.09. The number of methoxy groups -OCH3 is 1. The van der Waals surface area contributed by atoms with Crippen LogP contribution in [0.3, 0.4) is 0 Å². The molecule has 0 amide bonds. The van der Waals surface area contributed by atoms with Gasteiger partial charge in [0.15, 0.2) is 0 Å². The molecule has 1 aromatic carbocycles. The van der Waals surface area contributed by atoms with Gasteiger partial charge in [0, 0.05) is 12.7 Å². The highest BCUT2D eigenvalue weighted by molar-refractivity contribution is 5.33. The van der Waals surface area contributed by atoms with Crippen LogP contribution in [0.2, 0.25) is 0 Å². The summed E-state index contributed by atoms with van der Waals surface area (Å²) in [7, 11) is 1.69. The number of hydrogen-bond donors (Lipinski definition) is 1. The van der Waals surface area contributed by atoms with Crippen LogP contribution in [0.25, 0.3) is 0 Å². The van der Waals surface area contributed by atoms with E-state index in [-0.39, 0.29) is 0 Å². The van der Waals surface area contributed by atoms with Gasteiger partial charge in [-0.25, -0.2) is 4.98 Å². The molecular weight excluding hydrogens is 250 g/mol. The number of benzene rings is 1. The standard InChI is InChI=1S/C16H17N3O/c1-20-16-5-3-2-4-14(16)7-8-18-12-13-6-9-19-15(10-13)11-17/h2-6,9-10,18H,7-8,12H2,1H3. The molecule has 0 saturated carbocycles. The minimum atomic E-state index is 0.453. The summed E-state index contributed by atoms with van der Waals surface area (Å²) in [6.07, 6.45) is 2.57. The van der Waals surface area contributed by atoms with Gasteiger partial charge in [-0.1, -0.05) is 18.2 Å². The van der Waals surface area contributed by atoms with Crippen molar-refractivity contribution in [2.45, 2.75) is 13.0 Å². The molecule has 0 aliphatic rings. The van der Waals surface area contributed by atoms with Gasteiger partial charge >= 0.3 is 0 Å². The maximum absolute atomic E-state index is 8.79. The Morgan fingerprint density at radius 3 is 2.95 bits per heavy atom. The number of hydrogen-bond acceptors (Lipinski definition) is 4. The van der Waals surface area contributed by atoms with Crippen LogP contribution in [-0.2, 0) is 13.0 Å². The number of pyridine rings is 1. The van der Waals surface area contributed by atoms with E-state index in [4.69, 9.17) is 10.00 Å². The Balaban J connectivity index is 1.83. The monoisotopic (exact) mass is 267 g/mol. The highest BCUT2D eigenvalue weighted by Gasteiger charge is 2.01. The first-order valence-electron chi connectivity index (χ1n) is 6.51. The second-order valence-electron chi connectivity index (χ2n) is 4.40. The lowest BCUT2D eigenvalue weighted by Crippen LogP contribution is -2.17. The summed E-state index contributed by atoms with van der Waals surface area (Å²) in [5.74, 6) is 0.921. The van der Waals surface area contributed by atoms with Crippen molar-refractivity contribution in [1.82, 2.24) is 10.3 Å². The fourth-order valence-corrected chi connectivity index (χ4v) is 2.01. The molecule has 0 aliphatic carbocycles. The predicted octanol–water partition coefficient (Wildman–Crippen LogP) is 2.29. The Hall–Kier alpha value is -2.38. The van der Waals surface area contributed by atoms with Crippen molar-refractivity contribution in [3.8, 4) is 11.8 Å². The van der Waals surface area contributed by atoms with Crippen molar-refractivity contribution in [3.05, 3.63) is 59.4 Å². The Labute approximate surface area is 119 Å². The molecule has 102 valence electrons. The number of nitrogens with one attached hydrogen (secondary N) is 1. The maximum Gasteiger partial charge on any atom is 0.140 e. The molecule has 1 N–H and O–H groups in total. The number of nitrogens with zero attached hydrogens (tertiary/aromatic N) is 2. The van der Waals surface area contributed by atoms with Crippen molar-refractivity contribution >= 4 is 0 Å². The lowest BCUT2D eigenvalue weighted by molar-refractivity contribution is 0.409. The summed E-state index contributed by atoms with van der Waals surface area (Å²) in [5.41, 5.74) is 2.71. The number of para-hydroxylation sites is 1. The molecule has 20 heavy (non-hydrogen) atoms. The zero-order chi connectivity index (χ0) is 14.2. The van der Waals surface area contributed by atoms with Crippen molar-refractivity contribution in [2.24, 2.45) is 0 Å². The fourth-order valence-electron chi connectivity index (χ4n) is 2.01. The maximum atomic E-state index is 8.79. The van der Waals surface area contributed by atoms with Gasteiger partial charge in [0.25, 0.3) is 0 Å². The van der Waals surface area contributed by atoms with Crippen molar-refractivity contribution in [2.75, 3.05) is 13.7 Å². The molecular formula is C16H17N3O. The van der Waals surface area contributed by atoms with E-state index in [1.165, 1.54) is 5.56 Å². The van der Waals surface area contributed by atoms with Crippen LogP contribution in [0.15, 0.2) is 42.6 Å². The molecule has 0 aliphatic heterocycles. The molecule has 1 aromatic heterocycles. The molecule has 1 heterocycles. The zero-order valence-electron chi connectivity index (χ0n) is 11.5. The topological polar surface area (TPSA) is 57.9 Å². The number of nitriles is 1. The minimum absolute atomic E-state index is 0.453. The van der Waals surface area contributed by atoms with Gasteiger partial charge in [-0.2, -0.15) is 5.26 Å². The summed E-state index contributed by atoms with van der Waals surface area (Å²) in [4.78, 5) is 3.95. The molecule has 2 rings (SSSR count). The third kappa shape index (κ3) is 3.81. The van der Waals surface area contributed by atoms with Gasteiger partial charge in [0.05, 0.1) is 7.11 Å². The van der Waals surface area contributed by atoms with Gasteiger partial charge in [0.1, 0.15) is 17.5 Å². The summed E-state index contributed by atoms with van der Waals surface area (Å²) >= 11 is 0. The number of rotatable bonds is 6. The van der Waals surface area contributed by atoms with E-state index in [0.29, 0.717) is 5.69 Å². The second-order valence-corrected chi connectivity index (χ2v) is 4.40. The first kappa shape index (κ1) is 14.0. The van der Waals surface area contributed by atoms with E-state index >= 15 is 0 Å². The Kier molecular flexibility index (Phi) is 5.10. The fraction of sp³-hybridized carbons (Fsp3) is 0.250. The number of aromatic nitrogens is 1. The predicted molar refractivity (Wildman–Crippen MR) is 77.4 cm³/mol. The normalized spacial score (nSPS) is 10.0. The van der Waals surface area contributed by atoms with Crippen LogP contribution >= 0.6 is 0 Å². The van der Waals surface area contributed by atoms with E-state index in [2.05, 4.69) is 16.4 Å². The highest BCUT2D eigenvalue weighted by atomic mass is 16.5. The van der Waals surface area contributed by atoms with Gasteiger partial charge in [-0.3, -0.25) is 0 Å². The quantitative estimate of drug-likeness (QED) is 0.816. The van der Waals surface area contributed by atoms with E-state index in [0.717, 1.165) is 30.8 Å². The average molecular weight is 267 g/mol.